The summed E-state index contributed by atoms with van der Waals surface area (Å²) < 4.78 is 0. The highest BCUT2D eigenvalue weighted by Gasteiger charge is 2.61. The van der Waals surface area contributed by atoms with E-state index in [0.717, 1.165) is 43.4 Å². The van der Waals surface area contributed by atoms with Gasteiger partial charge in [-0.15, -0.1) is 0 Å². The Bertz CT molecular complexity index is 726. The maximum Gasteiger partial charge on any atom is 0.133 e. The van der Waals surface area contributed by atoms with Crippen LogP contribution in [0.15, 0.2) is 0 Å². The van der Waals surface area contributed by atoms with Crippen molar-refractivity contribution in [1.29, 1.82) is 0 Å². The first-order chi connectivity index (χ1) is 13.3. The van der Waals surface area contributed by atoms with E-state index in [1.807, 2.05) is 6.92 Å². The number of hydrogen-bond acceptors (Lipinski definition) is 2. The second-order valence-electron chi connectivity index (χ2n) is 11.7. The van der Waals surface area contributed by atoms with Gasteiger partial charge in [-0.05, 0) is 112 Å². The molecule has 5 aliphatic rings. The first kappa shape index (κ1) is 19.2. The summed E-state index contributed by atoms with van der Waals surface area (Å²) in [5.74, 6) is 10.9. The number of rotatable bonds is 1. The van der Waals surface area contributed by atoms with Crippen molar-refractivity contribution in [3.8, 4) is 11.8 Å². The summed E-state index contributed by atoms with van der Waals surface area (Å²) >= 11 is 0. The first-order valence-electron chi connectivity index (χ1n) is 12.0. The molecule has 5 aliphatic carbocycles. The van der Waals surface area contributed by atoms with E-state index in [1.165, 1.54) is 44.9 Å². The van der Waals surface area contributed by atoms with Gasteiger partial charge in [0.05, 0.1) is 0 Å². The molecule has 0 amide bonds. The standard InChI is InChI=1S/C26H38O2/c1-17(27)21-8-9-22-20-7-6-19-16-26(28,13-10-18-4-5-18)15-14-24(19,2)23(20)11-12-25(21,22)3/h18-23,28H,4-9,11-12,14-16H2,1-3H3/t19-,20-,21+,22-,23-,24-,25+,26+/m0/s1. The van der Waals surface area contributed by atoms with Crippen molar-refractivity contribution < 1.29 is 9.90 Å². The van der Waals surface area contributed by atoms with Crippen LogP contribution >= 0.6 is 0 Å². The smallest absolute Gasteiger partial charge is 0.133 e. The lowest BCUT2D eigenvalue weighted by Crippen LogP contribution is -2.56. The topological polar surface area (TPSA) is 37.3 Å². The molecule has 0 aromatic rings. The third-order valence-electron chi connectivity index (χ3n) is 10.3. The molecular formula is C26H38O2. The number of carbonyl (C=O) groups excluding carboxylic acids is 1. The van der Waals surface area contributed by atoms with E-state index in [1.54, 1.807) is 0 Å². The van der Waals surface area contributed by atoms with E-state index in [2.05, 4.69) is 25.7 Å². The Kier molecular flexibility index (Phi) is 4.34. The molecule has 0 aromatic carbocycles. The second kappa shape index (κ2) is 6.34. The molecule has 154 valence electrons. The highest BCUT2D eigenvalue weighted by molar-refractivity contribution is 5.79. The number of ketones is 1. The van der Waals surface area contributed by atoms with E-state index in [-0.39, 0.29) is 5.41 Å². The Morgan fingerprint density at radius 1 is 0.893 bits per heavy atom. The van der Waals surface area contributed by atoms with Gasteiger partial charge in [0.1, 0.15) is 11.4 Å². The molecule has 2 nitrogen and oxygen atoms in total. The van der Waals surface area contributed by atoms with Gasteiger partial charge in [0.25, 0.3) is 0 Å². The fourth-order valence-corrected chi connectivity index (χ4v) is 8.49. The van der Waals surface area contributed by atoms with E-state index < -0.39 is 5.60 Å². The second-order valence-corrected chi connectivity index (χ2v) is 11.7. The quantitative estimate of drug-likeness (QED) is 0.618. The minimum atomic E-state index is -0.726. The molecule has 0 heterocycles. The Hall–Kier alpha value is -0.810. The van der Waals surface area contributed by atoms with Gasteiger partial charge in [-0.3, -0.25) is 4.79 Å². The van der Waals surface area contributed by atoms with Crippen LogP contribution in [0.2, 0.25) is 0 Å². The molecule has 0 spiro atoms. The highest BCUT2D eigenvalue weighted by atomic mass is 16.3. The number of aliphatic hydroxyl groups is 1. The molecule has 5 saturated carbocycles. The van der Waals surface area contributed by atoms with Gasteiger partial charge in [0.15, 0.2) is 0 Å². The maximum absolute atomic E-state index is 12.3. The summed E-state index contributed by atoms with van der Waals surface area (Å²) in [6.07, 6.45) is 12.8. The SMILES string of the molecule is CC(=O)[C@H]1CC[C@H]2[C@@H]3CC[C@H]4C[C@@](O)(C#CC5CC5)CC[C@]4(C)[C@H]3CC[C@]12C. The molecule has 8 atom stereocenters. The molecule has 0 bridgehead atoms. The van der Waals surface area contributed by atoms with Crippen molar-refractivity contribution in [3.05, 3.63) is 0 Å². The zero-order valence-corrected chi connectivity index (χ0v) is 18.1. The minimum Gasteiger partial charge on any atom is -0.378 e. The molecule has 0 saturated heterocycles. The fraction of sp³-hybridized carbons (Fsp3) is 0.885. The molecule has 5 rings (SSSR count). The number of carbonyl (C=O) groups is 1. The Morgan fingerprint density at radius 3 is 2.36 bits per heavy atom. The normalized spacial score (nSPS) is 52.6. The summed E-state index contributed by atoms with van der Waals surface area (Å²) in [7, 11) is 0. The Balaban J connectivity index is 1.36. The van der Waals surface area contributed by atoms with E-state index in [9.17, 15) is 9.90 Å². The summed E-state index contributed by atoms with van der Waals surface area (Å²) in [6.45, 7) is 6.81. The fourth-order valence-electron chi connectivity index (χ4n) is 8.49. The van der Waals surface area contributed by atoms with Crippen LogP contribution < -0.4 is 0 Å². The summed E-state index contributed by atoms with van der Waals surface area (Å²) in [5, 5.41) is 11.2. The number of fused-ring (bicyclic) bond motifs is 5. The van der Waals surface area contributed by atoms with Crippen LogP contribution in [0.4, 0.5) is 0 Å². The molecular weight excluding hydrogens is 344 g/mol. The van der Waals surface area contributed by atoms with Gasteiger partial charge in [0, 0.05) is 11.8 Å². The maximum atomic E-state index is 12.3. The first-order valence-corrected chi connectivity index (χ1v) is 12.0. The van der Waals surface area contributed by atoms with Gasteiger partial charge in [0.2, 0.25) is 0 Å². The van der Waals surface area contributed by atoms with Gasteiger partial charge in [-0.2, -0.15) is 0 Å². The summed E-state index contributed by atoms with van der Waals surface area (Å²) in [5.41, 5.74) is -0.108. The van der Waals surface area contributed by atoms with Crippen LogP contribution in [-0.2, 0) is 4.79 Å². The average molecular weight is 383 g/mol. The molecule has 0 unspecified atom stereocenters. The van der Waals surface area contributed by atoms with Crippen LogP contribution in [0, 0.1) is 58.2 Å². The Labute approximate surface area is 171 Å². The zero-order valence-electron chi connectivity index (χ0n) is 18.1. The lowest BCUT2D eigenvalue weighted by molar-refractivity contribution is -0.144. The van der Waals surface area contributed by atoms with Crippen molar-refractivity contribution in [2.45, 2.75) is 97.0 Å². The van der Waals surface area contributed by atoms with E-state index in [4.69, 9.17) is 0 Å². The van der Waals surface area contributed by atoms with Crippen molar-refractivity contribution >= 4 is 5.78 Å². The van der Waals surface area contributed by atoms with E-state index in [0.29, 0.717) is 29.0 Å². The molecule has 1 N–H and O–H groups in total. The van der Waals surface area contributed by atoms with Crippen molar-refractivity contribution in [2.24, 2.45) is 46.3 Å². The number of hydrogen-bond donors (Lipinski definition) is 1. The molecule has 5 fully saturated rings. The third kappa shape index (κ3) is 2.83. The molecule has 28 heavy (non-hydrogen) atoms. The lowest BCUT2D eigenvalue weighted by Gasteiger charge is -2.61. The number of Topliss-reactive ketones (excluding diaryl/α,β-unsaturated/α-hetero) is 1. The van der Waals surface area contributed by atoms with Crippen LogP contribution in [0.25, 0.3) is 0 Å². The molecule has 0 aliphatic heterocycles. The largest absolute Gasteiger partial charge is 0.378 e. The van der Waals surface area contributed by atoms with E-state index >= 15 is 0 Å². The van der Waals surface area contributed by atoms with Crippen molar-refractivity contribution in [3.63, 3.8) is 0 Å². The third-order valence-corrected chi connectivity index (χ3v) is 10.3. The lowest BCUT2D eigenvalue weighted by atomic mass is 9.44. The average Bonchev–Trinajstić information content (AvgIpc) is 3.40. The minimum absolute atomic E-state index is 0.251. The Morgan fingerprint density at radius 2 is 1.64 bits per heavy atom. The van der Waals surface area contributed by atoms with Crippen molar-refractivity contribution in [2.75, 3.05) is 0 Å². The zero-order chi connectivity index (χ0) is 19.7. The van der Waals surface area contributed by atoms with Gasteiger partial charge < -0.3 is 5.11 Å². The van der Waals surface area contributed by atoms with Crippen LogP contribution in [-0.4, -0.2) is 16.5 Å². The molecule has 0 radical (unpaired) electrons. The molecule has 2 heteroatoms. The van der Waals surface area contributed by atoms with Crippen LogP contribution in [0.1, 0.15) is 91.4 Å². The predicted octanol–water partition coefficient (Wildman–Crippen LogP) is 5.38. The summed E-state index contributed by atoms with van der Waals surface area (Å²) in [4.78, 5) is 12.3. The molecule has 0 aromatic heterocycles. The van der Waals surface area contributed by atoms with Gasteiger partial charge in [-0.25, -0.2) is 0 Å². The predicted molar refractivity (Wildman–Crippen MR) is 111 cm³/mol. The highest BCUT2D eigenvalue weighted by Crippen LogP contribution is 2.68. The monoisotopic (exact) mass is 382 g/mol. The van der Waals surface area contributed by atoms with Crippen LogP contribution in [0.5, 0.6) is 0 Å². The van der Waals surface area contributed by atoms with Crippen molar-refractivity contribution in [1.82, 2.24) is 0 Å². The van der Waals surface area contributed by atoms with Gasteiger partial charge >= 0.3 is 0 Å². The van der Waals surface area contributed by atoms with Gasteiger partial charge in [-0.1, -0.05) is 25.7 Å². The van der Waals surface area contributed by atoms with Crippen LogP contribution in [0.3, 0.4) is 0 Å². The summed E-state index contributed by atoms with van der Waals surface area (Å²) in [6, 6.07) is 0.